The fourth-order valence-electron chi connectivity index (χ4n) is 2.57. The second-order valence-corrected chi connectivity index (χ2v) is 5.67. The zero-order valence-corrected chi connectivity index (χ0v) is 12.2. The number of oxime groups is 1. The number of nitrogens with zero attached hydrogens (tertiary/aromatic N) is 2. The van der Waals surface area contributed by atoms with Crippen LogP contribution < -0.4 is 10.5 Å². The number of likely N-dealkylation sites (tertiary alicyclic amines) is 1. The first-order valence-electron chi connectivity index (χ1n) is 6.91. The van der Waals surface area contributed by atoms with E-state index >= 15 is 0 Å². The zero-order chi connectivity index (χ0) is 14.6. The molecule has 2 rings (SSSR count). The number of ether oxygens (including phenoxy) is 1. The molecule has 5 heteroatoms. The van der Waals surface area contributed by atoms with E-state index in [0.717, 1.165) is 38.2 Å². The number of benzene rings is 1. The molecule has 1 aromatic carbocycles. The van der Waals surface area contributed by atoms with Crippen LogP contribution in [0.25, 0.3) is 0 Å². The highest BCUT2D eigenvalue weighted by Gasteiger charge is 2.34. The molecule has 3 N–H and O–H groups in total. The summed E-state index contributed by atoms with van der Waals surface area (Å²) < 4.78 is 5.16. The van der Waals surface area contributed by atoms with Gasteiger partial charge in [0.1, 0.15) is 11.6 Å². The third-order valence-corrected chi connectivity index (χ3v) is 4.25. The molecule has 5 nitrogen and oxygen atoms in total. The third-order valence-electron chi connectivity index (χ3n) is 4.25. The van der Waals surface area contributed by atoms with Crippen molar-refractivity contribution in [3.8, 4) is 5.75 Å². The number of piperidine rings is 1. The number of amidine groups is 1. The summed E-state index contributed by atoms with van der Waals surface area (Å²) in [6, 6.07) is 8.16. The Hall–Kier alpha value is -1.75. The van der Waals surface area contributed by atoms with E-state index < -0.39 is 0 Å². The smallest absolute Gasteiger partial charge is 0.145 e. The monoisotopic (exact) mass is 277 g/mol. The standard InChI is InChI=1S/C15H23N3O2/c1-15(14(16)17-19)7-9-18(10-8-15)11-12-3-5-13(20-2)6-4-12/h3-6,19H,7-11H2,1-2H3,(H2,16,17). The van der Waals surface area contributed by atoms with Crippen molar-refractivity contribution in [1.82, 2.24) is 4.90 Å². The van der Waals surface area contributed by atoms with Gasteiger partial charge in [-0.3, -0.25) is 4.90 Å². The van der Waals surface area contributed by atoms with Crippen molar-refractivity contribution in [2.45, 2.75) is 26.3 Å². The van der Waals surface area contributed by atoms with Crippen LogP contribution in [0.4, 0.5) is 0 Å². The molecule has 1 aromatic rings. The third kappa shape index (κ3) is 3.22. The van der Waals surface area contributed by atoms with Gasteiger partial charge in [-0.2, -0.15) is 0 Å². The molecule has 0 atom stereocenters. The highest BCUT2D eigenvalue weighted by Crippen LogP contribution is 2.31. The Labute approximate surface area is 120 Å². The molecule has 1 aliphatic heterocycles. The number of hydrogen-bond donors (Lipinski definition) is 2. The molecule has 1 fully saturated rings. The maximum Gasteiger partial charge on any atom is 0.145 e. The van der Waals surface area contributed by atoms with Crippen molar-refractivity contribution < 1.29 is 9.94 Å². The minimum atomic E-state index is -0.175. The first-order valence-corrected chi connectivity index (χ1v) is 6.91. The second-order valence-electron chi connectivity index (χ2n) is 5.67. The van der Waals surface area contributed by atoms with Crippen LogP contribution in [0, 0.1) is 5.41 Å². The van der Waals surface area contributed by atoms with Gasteiger partial charge in [-0.15, -0.1) is 0 Å². The fraction of sp³-hybridized carbons (Fsp3) is 0.533. The van der Waals surface area contributed by atoms with E-state index in [4.69, 9.17) is 15.7 Å². The Balaban J connectivity index is 1.91. The van der Waals surface area contributed by atoms with E-state index in [9.17, 15) is 0 Å². The summed E-state index contributed by atoms with van der Waals surface area (Å²) in [7, 11) is 1.67. The minimum absolute atomic E-state index is 0.175. The Morgan fingerprint density at radius 1 is 1.35 bits per heavy atom. The number of rotatable bonds is 4. The van der Waals surface area contributed by atoms with Gasteiger partial charge < -0.3 is 15.7 Å². The number of hydrogen-bond acceptors (Lipinski definition) is 4. The number of nitrogens with two attached hydrogens (primary N) is 1. The lowest BCUT2D eigenvalue weighted by Crippen LogP contribution is -2.45. The molecule has 1 saturated heterocycles. The van der Waals surface area contributed by atoms with Gasteiger partial charge in [-0.25, -0.2) is 0 Å². The lowest BCUT2D eigenvalue weighted by molar-refractivity contribution is 0.153. The Kier molecular flexibility index (Phi) is 4.49. The molecule has 0 bridgehead atoms. The molecular weight excluding hydrogens is 254 g/mol. The van der Waals surface area contributed by atoms with Crippen molar-refractivity contribution in [1.29, 1.82) is 0 Å². The predicted octanol–water partition coefficient (Wildman–Crippen LogP) is 2.04. The predicted molar refractivity (Wildman–Crippen MR) is 79.0 cm³/mol. The Morgan fingerprint density at radius 3 is 2.45 bits per heavy atom. The summed E-state index contributed by atoms with van der Waals surface area (Å²) in [5.41, 5.74) is 6.88. The van der Waals surface area contributed by atoms with Gasteiger partial charge in [0.15, 0.2) is 0 Å². The van der Waals surface area contributed by atoms with Crippen LogP contribution in [0.3, 0.4) is 0 Å². The van der Waals surface area contributed by atoms with Crippen LogP contribution in [0.2, 0.25) is 0 Å². The zero-order valence-electron chi connectivity index (χ0n) is 12.2. The van der Waals surface area contributed by atoms with Crippen molar-refractivity contribution in [3.63, 3.8) is 0 Å². The Bertz CT molecular complexity index is 463. The summed E-state index contributed by atoms with van der Waals surface area (Å²) in [5, 5.41) is 12.0. The average molecular weight is 277 g/mol. The summed E-state index contributed by atoms with van der Waals surface area (Å²) in [6.45, 7) is 4.90. The van der Waals surface area contributed by atoms with Crippen LogP contribution in [0.15, 0.2) is 29.4 Å². The van der Waals surface area contributed by atoms with E-state index in [1.807, 2.05) is 12.1 Å². The van der Waals surface area contributed by atoms with E-state index in [0.29, 0.717) is 5.84 Å². The summed E-state index contributed by atoms with van der Waals surface area (Å²) >= 11 is 0. The van der Waals surface area contributed by atoms with Gasteiger partial charge in [0.05, 0.1) is 7.11 Å². The van der Waals surface area contributed by atoms with Gasteiger partial charge in [0.25, 0.3) is 0 Å². The van der Waals surface area contributed by atoms with Crippen LogP contribution in [-0.4, -0.2) is 36.1 Å². The number of methoxy groups -OCH3 is 1. The highest BCUT2D eigenvalue weighted by molar-refractivity contribution is 5.85. The molecule has 1 heterocycles. The maximum atomic E-state index is 8.84. The fourth-order valence-corrected chi connectivity index (χ4v) is 2.57. The highest BCUT2D eigenvalue weighted by atomic mass is 16.5. The molecule has 0 aromatic heterocycles. The van der Waals surface area contributed by atoms with E-state index in [2.05, 4.69) is 29.1 Å². The molecule has 0 spiro atoms. The average Bonchev–Trinajstić information content (AvgIpc) is 2.49. The summed E-state index contributed by atoms with van der Waals surface area (Å²) in [5.74, 6) is 1.23. The van der Waals surface area contributed by atoms with Gasteiger partial charge >= 0.3 is 0 Å². The van der Waals surface area contributed by atoms with Crippen LogP contribution in [-0.2, 0) is 6.54 Å². The van der Waals surface area contributed by atoms with Gasteiger partial charge in [0, 0.05) is 12.0 Å². The Morgan fingerprint density at radius 2 is 1.95 bits per heavy atom. The molecule has 110 valence electrons. The first-order chi connectivity index (χ1) is 9.57. The van der Waals surface area contributed by atoms with Crippen LogP contribution in [0.5, 0.6) is 5.75 Å². The van der Waals surface area contributed by atoms with Crippen LogP contribution in [0.1, 0.15) is 25.3 Å². The summed E-state index contributed by atoms with van der Waals surface area (Å²) in [6.07, 6.45) is 1.83. The molecule has 0 amide bonds. The van der Waals surface area contributed by atoms with Gasteiger partial charge in [-0.05, 0) is 43.6 Å². The maximum absolute atomic E-state index is 8.84. The first kappa shape index (κ1) is 14.7. The second kappa shape index (κ2) is 6.13. The van der Waals surface area contributed by atoms with E-state index in [1.54, 1.807) is 7.11 Å². The molecular formula is C15H23N3O2. The lowest BCUT2D eigenvalue weighted by Gasteiger charge is -2.38. The molecule has 1 aliphatic rings. The quantitative estimate of drug-likeness (QED) is 0.382. The molecule has 0 unspecified atom stereocenters. The van der Waals surface area contributed by atoms with Crippen molar-refractivity contribution in [2.75, 3.05) is 20.2 Å². The molecule has 0 saturated carbocycles. The van der Waals surface area contributed by atoms with Crippen molar-refractivity contribution >= 4 is 5.84 Å². The van der Waals surface area contributed by atoms with Crippen LogP contribution >= 0.6 is 0 Å². The largest absolute Gasteiger partial charge is 0.497 e. The molecule has 20 heavy (non-hydrogen) atoms. The SMILES string of the molecule is COc1ccc(CN2CCC(C)(/C(N)=N/O)CC2)cc1. The van der Waals surface area contributed by atoms with Crippen molar-refractivity contribution in [3.05, 3.63) is 29.8 Å². The van der Waals surface area contributed by atoms with E-state index in [-0.39, 0.29) is 5.41 Å². The molecule has 0 aliphatic carbocycles. The lowest BCUT2D eigenvalue weighted by atomic mass is 9.79. The van der Waals surface area contributed by atoms with Crippen molar-refractivity contribution in [2.24, 2.45) is 16.3 Å². The van der Waals surface area contributed by atoms with E-state index in [1.165, 1.54) is 5.56 Å². The normalized spacial score (nSPS) is 19.8. The summed E-state index contributed by atoms with van der Waals surface area (Å²) in [4.78, 5) is 2.40. The van der Waals surface area contributed by atoms with Gasteiger partial charge in [-0.1, -0.05) is 24.2 Å². The van der Waals surface area contributed by atoms with Gasteiger partial charge in [0.2, 0.25) is 0 Å². The minimum Gasteiger partial charge on any atom is -0.497 e. The topological polar surface area (TPSA) is 71.1 Å². The molecule has 0 radical (unpaired) electrons.